The monoisotopic (exact) mass is 248 g/mol. The smallest absolute Gasteiger partial charge is 0.306 e. The van der Waals surface area contributed by atoms with E-state index in [9.17, 15) is 4.79 Å². The Labute approximate surface area is 110 Å². The first kappa shape index (κ1) is 14.7. The van der Waals surface area contributed by atoms with Gasteiger partial charge < -0.3 is 4.74 Å². The Morgan fingerprint density at radius 1 is 1.39 bits per heavy atom. The molecule has 0 fully saturated rings. The Kier molecular flexibility index (Phi) is 5.39. The van der Waals surface area contributed by atoms with Crippen LogP contribution in [-0.4, -0.2) is 12.6 Å². The SMILES string of the molecule is CCOC(=O)CC(C)(C)C1=CC=CCC=C1CC. The van der Waals surface area contributed by atoms with Gasteiger partial charge in [-0.05, 0) is 30.9 Å². The lowest BCUT2D eigenvalue weighted by Crippen LogP contribution is -2.22. The standard InChI is InChI=1S/C16H24O2/c1-5-13-10-8-7-9-11-14(13)16(3,4)12-15(17)18-6-2/h7,9-11H,5-6,8,12H2,1-4H3. The highest BCUT2D eigenvalue weighted by molar-refractivity contribution is 5.71. The maximum atomic E-state index is 11.7. The summed E-state index contributed by atoms with van der Waals surface area (Å²) < 4.78 is 5.07. The van der Waals surface area contributed by atoms with Crippen molar-refractivity contribution in [3.8, 4) is 0 Å². The van der Waals surface area contributed by atoms with Crippen molar-refractivity contribution in [2.45, 2.75) is 47.0 Å². The molecule has 2 heteroatoms. The van der Waals surface area contributed by atoms with E-state index >= 15 is 0 Å². The second kappa shape index (κ2) is 6.58. The molecule has 0 radical (unpaired) electrons. The zero-order chi connectivity index (χ0) is 13.6. The van der Waals surface area contributed by atoms with Gasteiger partial charge in [-0.15, -0.1) is 0 Å². The van der Waals surface area contributed by atoms with E-state index in [1.807, 2.05) is 6.92 Å². The van der Waals surface area contributed by atoms with Gasteiger partial charge >= 0.3 is 5.97 Å². The highest BCUT2D eigenvalue weighted by Gasteiger charge is 2.28. The molecule has 0 unspecified atom stereocenters. The summed E-state index contributed by atoms with van der Waals surface area (Å²) in [6.45, 7) is 8.67. The molecule has 1 rings (SSSR count). The minimum Gasteiger partial charge on any atom is -0.466 e. The van der Waals surface area contributed by atoms with Crippen LogP contribution in [0.3, 0.4) is 0 Å². The number of carbonyl (C=O) groups excluding carboxylic acids is 1. The summed E-state index contributed by atoms with van der Waals surface area (Å²) in [6, 6.07) is 0. The number of esters is 1. The van der Waals surface area contributed by atoms with Crippen LogP contribution in [0.25, 0.3) is 0 Å². The van der Waals surface area contributed by atoms with Crippen molar-refractivity contribution >= 4 is 5.97 Å². The maximum Gasteiger partial charge on any atom is 0.306 e. The first-order chi connectivity index (χ1) is 8.51. The van der Waals surface area contributed by atoms with Crippen LogP contribution in [0, 0.1) is 5.41 Å². The molecule has 18 heavy (non-hydrogen) atoms. The summed E-state index contributed by atoms with van der Waals surface area (Å²) in [5.41, 5.74) is 2.42. The van der Waals surface area contributed by atoms with E-state index in [1.54, 1.807) is 0 Å². The van der Waals surface area contributed by atoms with Crippen LogP contribution >= 0.6 is 0 Å². The van der Waals surface area contributed by atoms with E-state index in [0.29, 0.717) is 13.0 Å². The Balaban J connectivity index is 2.91. The highest BCUT2D eigenvalue weighted by Crippen LogP contribution is 2.37. The molecular weight excluding hydrogens is 224 g/mol. The average molecular weight is 248 g/mol. The number of carbonyl (C=O) groups is 1. The fraction of sp³-hybridized carbons (Fsp3) is 0.562. The largest absolute Gasteiger partial charge is 0.466 e. The molecule has 0 saturated heterocycles. The highest BCUT2D eigenvalue weighted by atomic mass is 16.5. The molecule has 0 aromatic rings. The van der Waals surface area contributed by atoms with E-state index in [1.165, 1.54) is 11.1 Å². The molecular formula is C16H24O2. The van der Waals surface area contributed by atoms with Crippen molar-refractivity contribution in [2.75, 3.05) is 6.61 Å². The van der Waals surface area contributed by atoms with Crippen LogP contribution < -0.4 is 0 Å². The molecule has 0 bridgehead atoms. The Morgan fingerprint density at radius 3 is 2.72 bits per heavy atom. The third-order valence-electron chi connectivity index (χ3n) is 3.25. The van der Waals surface area contributed by atoms with Gasteiger partial charge in [-0.3, -0.25) is 4.79 Å². The number of ether oxygens (including phenoxy) is 1. The number of hydrogen-bond acceptors (Lipinski definition) is 2. The Morgan fingerprint density at radius 2 is 2.11 bits per heavy atom. The summed E-state index contributed by atoms with van der Waals surface area (Å²) >= 11 is 0. The third kappa shape index (κ3) is 3.86. The summed E-state index contributed by atoms with van der Waals surface area (Å²) in [6.07, 6.45) is 11.0. The van der Waals surface area contributed by atoms with E-state index in [2.05, 4.69) is 45.1 Å². The van der Waals surface area contributed by atoms with Gasteiger partial charge in [-0.1, -0.05) is 45.1 Å². The van der Waals surface area contributed by atoms with E-state index < -0.39 is 0 Å². The number of allylic oxidation sites excluding steroid dienone is 6. The normalized spacial score (nSPS) is 15.8. The van der Waals surface area contributed by atoms with E-state index in [0.717, 1.165) is 12.8 Å². The van der Waals surface area contributed by atoms with Crippen molar-refractivity contribution in [3.63, 3.8) is 0 Å². The van der Waals surface area contributed by atoms with E-state index in [-0.39, 0.29) is 11.4 Å². The Hall–Kier alpha value is -1.31. The summed E-state index contributed by atoms with van der Waals surface area (Å²) in [7, 11) is 0. The molecule has 0 aromatic carbocycles. The minimum atomic E-state index is -0.178. The van der Waals surface area contributed by atoms with Crippen LogP contribution in [0.15, 0.2) is 35.5 Å². The van der Waals surface area contributed by atoms with Crippen LogP contribution in [-0.2, 0) is 9.53 Å². The van der Waals surface area contributed by atoms with Gasteiger partial charge in [0.15, 0.2) is 0 Å². The topological polar surface area (TPSA) is 26.3 Å². The van der Waals surface area contributed by atoms with Crippen LogP contribution in [0.1, 0.15) is 47.0 Å². The van der Waals surface area contributed by atoms with Gasteiger partial charge in [-0.2, -0.15) is 0 Å². The van der Waals surface area contributed by atoms with Crippen molar-refractivity contribution in [1.82, 2.24) is 0 Å². The minimum absolute atomic E-state index is 0.118. The molecule has 1 aliphatic carbocycles. The molecule has 0 atom stereocenters. The second-order valence-corrected chi connectivity index (χ2v) is 5.19. The predicted octanol–water partition coefficient (Wildman–Crippen LogP) is 4.19. The summed E-state index contributed by atoms with van der Waals surface area (Å²) in [4.78, 5) is 11.7. The first-order valence-corrected chi connectivity index (χ1v) is 6.73. The lowest BCUT2D eigenvalue weighted by Gasteiger charge is -2.28. The van der Waals surface area contributed by atoms with Crippen molar-refractivity contribution in [2.24, 2.45) is 5.41 Å². The fourth-order valence-electron chi connectivity index (χ4n) is 2.33. The van der Waals surface area contributed by atoms with E-state index in [4.69, 9.17) is 4.74 Å². The second-order valence-electron chi connectivity index (χ2n) is 5.19. The van der Waals surface area contributed by atoms with Crippen LogP contribution in [0.2, 0.25) is 0 Å². The molecule has 0 heterocycles. The molecule has 1 aliphatic rings. The molecule has 0 amide bonds. The van der Waals surface area contributed by atoms with Gasteiger partial charge in [0.2, 0.25) is 0 Å². The molecule has 100 valence electrons. The molecule has 0 aromatic heterocycles. The zero-order valence-electron chi connectivity index (χ0n) is 12.0. The van der Waals surface area contributed by atoms with Crippen molar-refractivity contribution in [1.29, 1.82) is 0 Å². The van der Waals surface area contributed by atoms with Crippen molar-refractivity contribution < 1.29 is 9.53 Å². The average Bonchev–Trinajstić information content (AvgIpc) is 2.53. The molecule has 0 saturated carbocycles. The van der Waals surface area contributed by atoms with Crippen LogP contribution in [0.4, 0.5) is 0 Å². The molecule has 2 nitrogen and oxygen atoms in total. The predicted molar refractivity (Wildman–Crippen MR) is 75.2 cm³/mol. The Bertz CT molecular complexity index is 384. The quantitative estimate of drug-likeness (QED) is 0.682. The number of rotatable bonds is 5. The zero-order valence-corrected chi connectivity index (χ0v) is 12.0. The van der Waals surface area contributed by atoms with Gasteiger partial charge in [0.05, 0.1) is 13.0 Å². The molecule has 0 N–H and O–H groups in total. The lowest BCUT2D eigenvalue weighted by molar-refractivity contribution is -0.144. The third-order valence-corrected chi connectivity index (χ3v) is 3.25. The lowest BCUT2D eigenvalue weighted by atomic mass is 9.76. The molecule has 0 spiro atoms. The van der Waals surface area contributed by atoms with Gasteiger partial charge in [-0.25, -0.2) is 0 Å². The van der Waals surface area contributed by atoms with Crippen LogP contribution in [0.5, 0.6) is 0 Å². The molecule has 0 aliphatic heterocycles. The first-order valence-electron chi connectivity index (χ1n) is 6.73. The van der Waals surface area contributed by atoms with Crippen molar-refractivity contribution in [3.05, 3.63) is 35.5 Å². The van der Waals surface area contributed by atoms with Gasteiger partial charge in [0, 0.05) is 5.41 Å². The summed E-state index contributed by atoms with van der Waals surface area (Å²) in [5, 5.41) is 0. The number of hydrogen-bond donors (Lipinski definition) is 0. The maximum absolute atomic E-state index is 11.7. The van der Waals surface area contributed by atoms with Gasteiger partial charge in [0.1, 0.15) is 0 Å². The fourth-order valence-corrected chi connectivity index (χ4v) is 2.33. The van der Waals surface area contributed by atoms with Gasteiger partial charge in [0.25, 0.3) is 0 Å². The summed E-state index contributed by atoms with van der Waals surface area (Å²) in [5.74, 6) is -0.118.